The van der Waals surface area contributed by atoms with Crippen LogP contribution in [0, 0.1) is 11.3 Å². The van der Waals surface area contributed by atoms with E-state index < -0.39 is 23.9 Å². The number of nitrogens with one attached hydrogen (secondary N) is 1. The second kappa shape index (κ2) is 11.3. The molecule has 1 aliphatic carbocycles. The maximum Gasteiger partial charge on any atom is 0.307 e. The first kappa shape index (κ1) is 25.4. The average Bonchev–Trinajstić information content (AvgIpc) is 3.14. The number of hydrogen-bond acceptors (Lipinski definition) is 4. The molecule has 0 saturated carbocycles. The maximum atomic E-state index is 12.8. The van der Waals surface area contributed by atoms with Gasteiger partial charge in [0.1, 0.15) is 0 Å². The van der Waals surface area contributed by atoms with Gasteiger partial charge in [-0.2, -0.15) is 0 Å². The van der Waals surface area contributed by atoms with Gasteiger partial charge in [-0.25, -0.2) is 0 Å². The monoisotopic (exact) mass is 465 g/mol. The number of aliphatic hydroxyl groups excluding tert-OH is 1. The predicted octanol–water partition coefficient (Wildman–Crippen LogP) is 4.03. The third-order valence-electron chi connectivity index (χ3n) is 6.80. The van der Waals surface area contributed by atoms with E-state index >= 15 is 0 Å². The Balaban J connectivity index is 1.84. The Labute approximate surface area is 201 Å². The summed E-state index contributed by atoms with van der Waals surface area (Å²) in [7, 11) is 0. The molecule has 0 fully saturated rings. The maximum absolute atomic E-state index is 12.8. The number of amidine groups is 1. The van der Waals surface area contributed by atoms with E-state index in [2.05, 4.69) is 0 Å². The molecule has 0 saturated heterocycles. The number of carbonyl (C=O) groups is 2. The summed E-state index contributed by atoms with van der Waals surface area (Å²) in [6, 6.07) is 13.4. The standard InChI is InChI=1S/C27H35N3O4/c1-3-30(4-2)26(32)19-9-7-8-17(14-19)18-12-13-21-20(15-18)16-23(31)25(21)22(27(33)34)10-5-6-11-24(28)29/h7-9,12-15,22-23,25,31H,3-6,10-11,16H2,1-2H3,(H3,28,29)(H,33,34)/t22-,23+,25-/m1/s1. The molecule has 5 N–H and O–H groups in total. The lowest BCUT2D eigenvalue weighted by molar-refractivity contribution is -0.144. The van der Waals surface area contributed by atoms with Crippen LogP contribution in [0.25, 0.3) is 11.1 Å². The van der Waals surface area contributed by atoms with Gasteiger partial charge < -0.3 is 20.8 Å². The number of rotatable bonds is 11. The zero-order chi connectivity index (χ0) is 24.8. The van der Waals surface area contributed by atoms with Gasteiger partial charge >= 0.3 is 5.97 Å². The Bertz CT molecular complexity index is 1050. The van der Waals surface area contributed by atoms with Crippen LogP contribution in [0.15, 0.2) is 42.5 Å². The van der Waals surface area contributed by atoms with Gasteiger partial charge in [-0.05, 0) is 67.5 Å². The van der Waals surface area contributed by atoms with E-state index in [1.807, 2.05) is 56.3 Å². The molecule has 0 bridgehead atoms. The number of nitrogens with two attached hydrogens (primary N) is 1. The average molecular weight is 466 g/mol. The van der Waals surface area contributed by atoms with Crippen LogP contribution in [0.5, 0.6) is 0 Å². The van der Waals surface area contributed by atoms with E-state index in [4.69, 9.17) is 11.1 Å². The number of benzene rings is 2. The molecule has 0 aromatic heterocycles. The topological polar surface area (TPSA) is 128 Å². The lowest BCUT2D eigenvalue weighted by Gasteiger charge is -2.24. The molecule has 182 valence electrons. The largest absolute Gasteiger partial charge is 0.481 e. The van der Waals surface area contributed by atoms with Crippen LogP contribution in [-0.2, 0) is 11.2 Å². The molecule has 3 rings (SSSR count). The van der Waals surface area contributed by atoms with Crippen LogP contribution in [0.2, 0.25) is 0 Å². The van der Waals surface area contributed by atoms with E-state index in [0.717, 1.165) is 22.3 Å². The first-order valence-electron chi connectivity index (χ1n) is 12.0. The summed E-state index contributed by atoms with van der Waals surface area (Å²) in [5.74, 6) is -1.96. The Morgan fingerprint density at radius 3 is 2.47 bits per heavy atom. The molecule has 2 aromatic carbocycles. The molecule has 0 spiro atoms. The Morgan fingerprint density at radius 1 is 1.12 bits per heavy atom. The number of aliphatic carboxylic acids is 1. The van der Waals surface area contributed by atoms with E-state index in [1.54, 1.807) is 4.90 Å². The SMILES string of the molecule is CCN(CC)C(=O)c1cccc(-c2ccc3c(c2)C[C@H](O)[C@H]3[C@@H](CCCCC(=N)N)C(=O)O)c1. The molecular formula is C27H35N3O4. The smallest absolute Gasteiger partial charge is 0.307 e. The highest BCUT2D eigenvalue weighted by Gasteiger charge is 2.40. The van der Waals surface area contributed by atoms with Crippen LogP contribution < -0.4 is 5.73 Å². The van der Waals surface area contributed by atoms with Crippen molar-refractivity contribution in [1.82, 2.24) is 4.90 Å². The zero-order valence-electron chi connectivity index (χ0n) is 20.0. The molecule has 1 amide bonds. The second-order valence-electron chi connectivity index (χ2n) is 8.98. The number of amides is 1. The number of hydrogen-bond donors (Lipinski definition) is 4. The van der Waals surface area contributed by atoms with Gasteiger partial charge in [0.15, 0.2) is 0 Å². The number of carbonyl (C=O) groups excluding carboxylic acids is 1. The van der Waals surface area contributed by atoms with Crippen molar-refractivity contribution >= 4 is 17.7 Å². The van der Waals surface area contributed by atoms with Crippen molar-refractivity contribution in [3.63, 3.8) is 0 Å². The molecule has 34 heavy (non-hydrogen) atoms. The van der Waals surface area contributed by atoms with Gasteiger partial charge in [0, 0.05) is 31.0 Å². The molecule has 3 atom stereocenters. The molecule has 0 unspecified atom stereocenters. The fourth-order valence-corrected chi connectivity index (χ4v) is 4.99. The summed E-state index contributed by atoms with van der Waals surface area (Å²) in [6.07, 6.45) is 1.84. The van der Waals surface area contributed by atoms with Crippen molar-refractivity contribution in [3.05, 3.63) is 59.2 Å². The third kappa shape index (κ3) is 5.65. The number of unbranched alkanes of at least 4 members (excludes halogenated alkanes) is 1. The van der Waals surface area contributed by atoms with Crippen molar-refractivity contribution in [2.75, 3.05) is 13.1 Å². The van der Waals surface area contributed by atoms with Crippen molar-refractivity contribution < 1.29 is 19.8 Å². The van der Waals surface area contributed by atoms with E-state index in [9.17, 15) is 19.8 Å². The summed E-state index contributed by atoms with van der Waals surface area (Å²) in [6.45, 7) is 5.22. The normalized spacial score (nSPS) is 17.7. The first-order chi connectivity index (χ1) is 16.3. The number of fused-ring (bicyclic) bond motifs is 1. The number of carboxylic acids is 1. The lowest BCUT2D eigenvalue weighted by atomic mass is 9.82. The molecule has 2 aromatic rings. The quantitative estimate of drug-likeness (QED) is 0.226. The minimum Gasteiger partial charge on any atom is -0.481 e. The van der Waals surface area contributed by atoms with Crippen LogP contribution in [0.1, 0.15) is 66.9 Å². The second-order valence-corrected chi connectivity index (χ2v) is 8.98. The van der Waals surface area contributed by atoms with Crippen molar-refractivity contribution in [3.8, 4) is 11.1 Å². The number of aliphatic hydroxyl groups is 1. The van der Waals surface area contributed by atoms with Gasteiger partial charge in [0.05, 0.1) is 17.9 Å². The molecule has 0 heterocycles. The number of nitrogens with zero attached hydrogens (tertiary/aromatic N) is 1. The highest BCUT2D eigenvalue weighted by molar-refractivity contribution is 5.95. The highest BCUT2D eigenvalue weighted by Crippen LogP contribution is 2.42. The fourth-order valence-electron chi connectivity index (χ4n) is 4.99. The van der Waals surface area contributed by atoms with Gasteiger partial charge in [-0.1, -0.05) is 36.8 Å². The molecule has 0 radical (unpaired) electrons. The van der Waals surface area contributed by atoms with Crippen LogP contribution in [0.3, 0.4) is 0 Å². The summed E-state index contributed by atoms with van der Waals surface area (Å²) in [5.41, 5.74) is 9.72. The van der Waals surface area contributed by atoms with Crippen molar-refractivity contribution in [1.29, 1.82) is 5.41 Å². The minimum atomic E-state index is -0.911. The fraction of sp³-hybridized carbons (Fsp3) is 0.444. The number of carboxylic acid groups (broad SMARTS) is 1. The van der Waals surface area contributed by atoms with Crippen molar-refractivity contribution in [2.45, 2.75) is 58.0 Å². The van der Waals surface area contributed by atoms with E-state index in [-0.39, 0.29) is 11.7 Å². The molecular weight excluding hydrogens is 430 g/mol. The van der Waals surface area contributed by atoms with Crippen LogP contribution >= 0.6 is 0 Å². The zero-order valence-corrected chi connectivity index (χ0v) is 20.0. The minimum absolute atomic E-state index is 0.00225. The Morgan fingerprint density at radius 2 is 1.82 bits per heavy atom. The first-order valence-corrected chi connectivity index (χ1v) is 12.0. The Hall–Kier alpha value is -3.19. The Kier molecular flexibility index (Phi) is 8.45. The van der Waals surface area contributed by atoms with Crippen LogP contribution in [-0.4, -0.2) is 52.0 Å². The van der Waals surface area contributed by atoms with Gasteiger partial charge in [-0.15, -0.1) is 0 Å². The molecule has 7 nitrogen and oxygen atoms in total. The summed E-state index contributed by atoms with van der Waals surface area (Å²) in [4.78, 5) is 26.6. The van der Waals surface area contributed by atoms with E-state index in [0.29, 0.717) is 50.8 Å². The van der Waals surface area contributed by atoms with Gasteiger partial charge in [0.2, 0.25) is 0 Å². The van der Waals surface area contributed by atoms with Crippen LogP contribution in [0.4, 0.5) is 0 Å². The predicted molar refractivity (Wildman–Crippen MR) is 133 cm³/mol. The summed E-state index contributed by atoms with van der Waals surface area (Å²) >= 11 is 0. The van der Waals surface area contributed by atoms with Gasteiger partial charge in [-0.3, -0.25) is 15.0 Å². The molecule has 7 heteroatoms. The summed E-state index contributed by atoms with van der Waals surface area (Å²) < 4.78 is 0. The third-order valence-corrected chi connectivity index (χ3v) is 6.80. The summed E-state index contributed by atoms with van der Waals surface area (Å²) in [5, 5.41) is 28.0. The molecule has 0 aliphatic heterocycles. The molecule has 1 aliphatic rings. The lowest BCUT2D eigenvalue weighted by Crippen LogP contribution is -2.30. The van der Waals surface area contributed by atoms with Gasteiger partial charge in [0.25, 0.3) is 5.91 Å². The van der Waals surface area contributed by atoms with Crippen molar-refractivity contribution in [2.24, 2.45) is 11.7 Å². The highest BCUT2D eigenvalue weighted by atomic mass is 16.4. The van der Waals surface area contributed by atoms with E-state index in [1.165, 1.54) is 0 Å².